The van der Waals surface area contributed by atoms with Crippen LogP contribution in [0.2, 0.25) is 0 Å². The van der Waals surface area contributed by atoms with Gasteiger partial charge in [0.15, 0.2) is 5.76 Å². The molecule has 3 heteroatoms. The van der Waals surface area contributed by atoms with Crippen molar-refractivity contribution in [3.8, 4) is 0 Å². The normalized spacial score (nSPS) is 18.0. The van der Waals surface area contributed by atoms with Crippen molar-refractivity contribution in [2.75, 3.05) is 0 Å². The number of aryl methyl sites for hydroxylation is 1. The van der Waals surface area contributed by atoms with E-state index in [0.29, 0.717) is 5.71 Å². The van der Waals surface area contributed by atoms with Crippen LogP contribution in [0.25, 0.3) is 0 Å². The molecule has 2 rings (SSSR count). The number of hydrogen-bond acceptors (Lipinski definition) is 3. The third-order valence-corrected chi connectivity index (χ3v) is 2.56. The van der Waals surface area contributed by atoms with Crippen LogP contribution in [0, 0.1) is 6.92 Å². The highest BCUT2D eigenvalue weighted by Crippen LogP contribution is 2.18. The summed E-state index contributed by atoms with van der Waals surface area (Å²) < 4.78 is 0. The Labute approximate surface area is 99.8 Å². The highest BCUT2D eigenvalue weighted by Gasteiger charge is 2.14. The molecular formula is C14H13NO2. The van der Waals surface area contributed by atoms with Gasteiger partial charge in [0.2, 0.25) is 5.78 Å². The first-order valence-corrected chi connectivity index (χ1v) is 5.35. The van der Waals surface area contributed by atoms with Gasteiger partial charge in [0.25, 0.3) is 0 Å². The first-order chi connectivity index (χ1) is 8.06. The van der Waals surface area contributed by atoms with Gasteiger partial charge in [-0.2, -0.15) is 0 Å². The van der Waals surface area contributed by atoms with Crippen LogP contribution in [0.15, 0.2) is 52.7 Å². The molecule has 0 spiro atoms. The molecule has 0 saturated heterocycles. The van der Waals surface area contributed by atoms with Gasteiger partial charge in [-0.15, -0.1) is 0 Å². The Morgan fingerprint density at radius 2 is 1.71 bits per heavy atom. The number of aliphatic hydroxyl groups is 1. The highest BCUT2D eigenvalue weighted by molar-refractivity contribution is 6.21. The van der Waals surface area contributed by atoms with Gasteiger partial charge in [-0.05, 0) is 37.6 Å². The van der Waals surface area contributed by atoms with E-state index in [9.17, 15) is 9.90 Å². The Hall–Kier alpha value is -2.16. The number of benzene rings is 1. The lowest BCUT2D eigenvalue weighted by Crippen LogP contribution is -2.11. The third-order valence-electron chi connectivity index (χ3n) is 2.56. The number of aliphatic imine (C=N–C) groups is 1. The highest BCUT2D eigenvalue weighted by atomic mass is 16.3. The third kappa shape index (κ3) is 2.50. The fourth-order valence-corrected chi connectivity index (χ4v) is 1.54. The van der Waals surface area contributed by atoms with Crippen LogP contribution in [0.5, 0.6) is 0 Å². The lowest BCUT2D eigenvalue weighted by atomic mass is 10.0. The number of aliphatic hydroxyl groups excluding tert-OH is 1. The van der Waals surface area contributed by atoms with Crippen molar-refractivity contribution in [3.63, 3.8) is 0 Å². The van der Waals surface area contributed by atoms with E-state index in [2.05, 4.69) is 4.99 Å². The fourth-order valence-electron chi connectivity index (χ4n) is 1.54. The first-order valence-electron chi connectivity index (χ1n) is 5.35. The minimum Gasteiger partial charge on any atom is -0.504 e. The van der Waals surface area contributed by atoms with E-state index in [0.717, 1.165) is 11.3 Å². The predicted octanol–water partition coefficient (Wildman–Crippen LogP) is 3.04. The van der Waals surface area contributed by atoms with Crippen LogP contribution in [0.3, 0.4) is 0 Å². The molecule has 0 aliphatic heterocycles. The summed E-state index contributed by atoms with van der Waals surface area (Å²) in [5, 5.41) is 9.37. The van der Waals surface area contributed by atoms with Crippen molar-refractivity contribution in [3.05, 3.63) is 53.3 Å². The molecule has 0 bridgehead atoms. The van der Waals surface area contributed by atoms with Crippen LogP contribution in [-0.2, 0) is 4.79 Å². The van der Waals surface area contributed by atoms with Crippen molar-refractivity contribution in [2.45, 2.75) is 13.8 Å². The molecule has 0 saturated carbocycles. The van der Waals surface area contributed by atoms with Gasteiger partial charge in [0.1, 0.15) is 0 Å². The number of ketones is 1. The molecular weight excluding hydrogens is 214 g/mol. The van der Waals surface area contributed by atoms with Crippen LogP contribution in [-0.4, -0.2) is 16.6 Å². The topological polar surface area (TPSA) is 49.7 Å². The van der Waals surface area contributed by atoms with Crippen molar-refractivity contribution < 1.29 is 9.90 Å². The fraction of sp³-hybridized carbons (Fsp3) is 0.143. The number of hydrogen-bond donors (Lipinski definition) is 1. The SMILES string of the molecule is CC1=CC(=O)C(O)=C/C1=N\c1ccc(C)cc1. The Morgan fingerprint density at radius 3 is 2.35 bits per heavy atom. The molecule has 17 heavy (non-hydrogen) atoms. The maximum absolute atomic E-state index is 11.2. The molecule has 0 unspecified atom stereocenters. The largest absolute Gasteiger partial charge is 0.504 e. The predicted molar refractivity (Wildman–Crippen MR) is 67.7 cm³/mol. The van der Waals surface area contributed by atoms with E-state index < -0.39 is 0 Å². The Kier molecular flexibility index (Phi) is 2.91. The average Bonchev–Trinajstić information content (AvgIpc) is 2.29. The average molecular weight is 227 g/mol. The van der Waals surface area contributed by atoms with Crippen LogP contribution >= 0.6 is 0 Å². The number of rotatable bonds is 1. The van der Waals surface area contributed by atoms with Crippen molar-refractivity contribution in [1.82, 2.24) is 0 Å². The van der Waals surface area contributed by atoms with Gasteiger partial charge in [-0.1, -0.05) is 17.7 Å². The van der Waals surface area contributed by atoms with Crippen molar-refractivity contribution in [1.29, 1.82) is 0 Å². The standard InChI is InChI=1S/C14H13NO2/c1-9-3-5-11(6-4-9)15-12-8-14(17)13(16)7-10(12)2/h3-8,17H,1-2H3/b15-12+. The zero-order valence-electron chi connectivity index (χ0n) is 9.77. The van der Waals surface area contributed by atoms with E-state index in [1.54, 1.807) is 6.92 Å². The summed E-state index contributed by atoms with van der Waals surface area (Å²) in [5.41, 5.74) is 3.34. The monoisotopic (exact) mass is 227 g/mol. The Balaban J connectivity index is 2.37. The van der Waals surface area contributed by atoms with Gasteiger partial charge in [-0.25, -0.2) is 4.99 Å². The minimum atomic E-state index is -0.370. The van der Waals surface area contributed by atoms with E-state index in [1.807, 2.05) is 31.2 Å². The smallest absolute Gasteiger partial charge is 0.220 e. The summed E-state index contributed by atoms with van der Waals surface area (Å²) in [6.07, 6.45) is 2.79. The van der Waals surface area contributed by atoms with Gasteiger partial charge in [0.05, 0.1) is 11.4 Å². The molecule has 1 aliphatic rings. The number of allylic oxidation sites excluding steroid dienone is 3. The molecule has 0 heterocycles. The number of carbonyl (C=O) groups is 1. The molecule has 0 atom stereocenters. The van der Waals surface area contributed by atoms with Crippen molar-refractivity contribution in [2.24, 2.45) is 4.99 Å². The Morgan fingerprint density at radius 1 is 1.06 bits per heavy atom. The maximum Gasteiger partial charge on any atom is 0.220 e. The number of nitrogens with zero attached hydrogens (tertiary/aromatic N) is 1. The molecule has 1 aromatic carbocycles. The summed E-state index contributed by atoms with van der Waals surface area (Å²) in [6.45, 7) is 3.81. The summed E-state index contributed by atoms with van der Waals surface area (Å²) in [5.74, 6) is -0.633. The maximum atomic E-state index is 11.2. The summed E-state index contributed by atoms with van der Waals surface area (Å²) >= 11 is 0. The van der Waals surface area contributed by atoms with E-state index in [-0.39, 0.29) is 11.5 Å². The van der Waals surface area contributed by atoms with E-state index in [4.69, 9.17) is 0 Å². The van der Waals surface area contributed by atoms with Gasteiger partial charge in [-0.3, -0.25) is 4.79 Å². The number of carbonyl (C=O) groups excluding carboxylic acids is 1. The summed E-state index contributed by atoms with van der Waals surface area (Å²) in [4.78, 5) is 15.6. The molecule has 0 fully saturated rings. The van der Waals surface area contributed by atoms with Crippen LogP contribution in [0.4, 0.5) is 5.69 Å². The molecule has 0 aromatic heterocycles. The van der Waals surface area contributed by atoms with Gasteiger partial charge >= 0.3 is 0 Å². The zero-order chi connectivity index (χ0) is 12.4. The molecule has 0 radical (unpaired) electrons. The lowest BCUT2D eigenvalue weighted by Gasteiger charge is -2.08. The molecule has 1 aromatic rings. The van der Waals surface area contributed by atoms with Crippen LogP contribution < -0.4 is 0 Å². The minimum absolute atomic E-state index is 0.263. The second kappa shape index (κ2) is 4.37. The van der Waals surface area contributed by atoms with Crippen LogP contribution in [0.1, 0.15) is 12.5 Å². The van der Waals surface area contributed by atoms with E-state index in [1.165, 1.54) is 17.7 Å². The van der Waals surface area contributed by atoms with Gasteiger partial charge < -0.3 is 5.11 Å². The molecule has 1 aliphatic carbocycles. The summed E-state index contributed by atoms with van der Waals surface area (Å²) in [6, 6.07) is 7.74. The van der Waals surface area contributed by atoms with Crippen molar-refractivity contribution >= 4 is 17.2 Å². The Bertz CT molecular complexity index is 548. The second-order valence-electron chi connectivity index (χ2n) is 4.05. The van der Waals surface area contributed by atoms with Gasteiger partial charge in [0, 0.05) is 6.08 Å². The van der Waals surface area contributed by atoms with E-state index >= 15 is 0 Å². The zero-order valence-corrected chi connectivity index (χ0v) is 9.77. The lowest BCUT2D eigenvalue weighted by molar-refractivity contribution is -0.113. The molecule has 1 N–H and O–H groups in total. The first kappa shape index (κ1) is 11.3. The molecule has 0 amide bonds. The quantitative estimate of drug-likeness (QED) is 0.749. The molecule has 86 valence electrons. The molecule has 3 nitrogen and oxygen atoms in total. The summed E-state index contributed by atoms with van der Waals surface area (Å²) in [7, 11) is 0. The second-order valence-corrected chi connectivity index (χ2v) is 4.05.